The first-order valence-corrected chi connectivity index (χ1v) is 6.42. The first-order valence-electron chi connectivity index (χ1n) is 5.66. The van der Waals surface area contributed by atoms with Gasteiger partial charge >= 0.3 is 6.18 Å². The van der Waals surface area contributed by atoms with Crippen molar-refractivity contribution in [3.05, 3.63) is 69.2 Å². The molecule has 0 radical (unpaired) electrons. The molecule has 0 aromatic heterocycles. The van der Waals surface area contributed by atoms with Gasteiger partial charge in [-0.25, -0.2) is 0 Å². The van der Waals surface area contributed by atoms with Gasteiger partial charge < -0.3 is 5.73 Å². The smallest absolute Gasteiger partial charge is 0.320 e. The highest BCUT2D eigenvalue weighted by Crippen LogP contribution is 2.32. The molecular formula is C14H10Cl2F3N. The number of rotatable bonds is 2. The number of benzene rings is 2. The van der Waals surface area contributed by atoms with Gasteiger partial charge in [0.25, 0.3) is 0 Å². The van der Waals surface area contributed by atoms with Crippen LogP contribution in [0.1, 0.15) is 22.7 Å². The summed E-state index contributed by atoms with van der Waals surface area (Å²) in [5.74, 6) is 0. The summed E-state index contributed by atoms with van der Waals surface area (Å²) in [6.07, 6.45) is -4.36. The first-order chi connectivity index (χ1) is 9.29. The lowest BCUT2D eigenvalue weighted by Gasteiger charge is -2.15. The van der Waals surface area contributed by atoms with E-state index in [-0.39, 0.29) is 0 Å². The molecule has 106 valence electrons. The number of hydrogen-bond donors (Lipinski definition) is 1. The molecule has 6 heteroatoms. The summed E-state index contributed by atoms with van der Waals surface area (Å²) in [6, 6.07) is 8.92. The van der Waals surface area contributed by atoms with E-state index in [1.54, 1.807) is 18.2 Å². The number of hydrogen-bond acceptors (Lipinski definition) is 1. The molecule has 0 aliphatic heterocycles. The second kappa shape index (κ2) is 5.64. The van der Waals surface area contributed by atoms with E-state index in [4.69, 9.17) is 28.9 Å². The molecule has 20 heavy (non-hydrogen) atoms. The minimum Gasteiger partial charge on any atom is -0.320 e. The quantitative estimate of drug-likeness (QED) is 0.822. The third kappa shape index (κ3) is 3.26. The zero-order valence-corrected chi connectivity index (χ0v) is 11.6. The van der Waals surface area contributed by atoms with Crippen LogP contribution in [-0.2, 0) is 6.18 Å². The Kier molecular flexibility index (Phi) is 4.28. The maximum atomic E-state index is 12.5. The summed E-state index contributed by atoms with van der Waals surface area (Å²) in [4.78, 5) is 0. The van der Waals surface area contributed by atoms with Gasteiger partial charge in [0, 0.05) is 10.0 Å². The molecule has 2 aromatic carbocycles. The van der Waals surface area contributed by atoms with Gasteiger partial charge in [0.05, 0.1) is 11.6 Å². The normalized spacial score (nSPS) is 13.3. The van der Waals surface area contributed by atoms with Crippen LogP contribution in [0.25, 0.3) is 0 Å². The highest BCUT2D eigenvalue weighted by Gasteiger charge is 2.30. The highest BCUT2D eigenvalue weighted by molar-refractivity contribution is 6.35. The number of halogens is 5. The maximum Gasteiger partial charge on any atom is 0.416 e. The fraction of sp³-hybridized carbons (Fsp3) is 0.143. The van der Waals surface area contributed by atoms with Gasteiger partial charge in [-0.2, -0.15) is 13.2 Å². The Hall–Kier alpha value is -1.23. The lowest BCUT2D eigenvalue weighted by atomic mass is 9.98. The van der Waals surface area contributed by atoms with Crippen molar-refractivity contribution in [3.63, 3.8) is 0 Å². The van der Waals surface area contributed by atoms with Crippen molar-refractivity contribution in [1.29, 1.82) is 0 Å². The molecule has 0 spiro atoms. The van der Waals surface area contributed by atoms with Gasteiger partial charge in [-0.3, -0.25) is 0 Å². The molecule has 2 aromatic rings. The monoisotopic (exact) mass is 319 g/mol. The van der Waals surface area contributed by atoms with Gasteiger partial charge in [-0.05, 0) is 35.4 Å². The molecule has 0 saturated carbocycles. The van der Waals surface area contributed by atoms with Crippen molar-refractivity contribution in [3.8, 4) is 0 Å². The summed E-state index contributed by atoms with van der Waals surface area (Å²) in [5.41, 5.74) is 6.46. The predicted molar refractivity (Wildman–Crippen MR) is 73.9 cm³/mol. The molecule has 1 nitrogen and oxygen atoms in total. The number of alkyl halides is 3. The van der Waals surface area contributed by atoms with Gasteiger partial charge in [0.15, 0.2) is 0 Å². The molecule has 0 bridgehead atoms. The minimum atomic E-state index is -4.36. The Morgan fingerprint density at radius 3 is 2.05 bits per heavy atom. The second-order valence-electron chi connectivity index (χ2n) is 4.26. The molecule has 0 saturated heterocycles. The Morgan fingerprint density at radius 1 is 0.950 bits per heavy atom. The van der Waals surface area contributed by atoms with Crippen molar-refractivity contribution >= 4 is 23.2 Å². The van der Waals surface area contributed by atoms with E-state index in [0.29, 0.717) is 21.2 Å². The van der Waals surface area contributed by atoms with E-state index in [2.05, 4.69) is 0 Å². The second-order valence-corrected chi connectivity index (χ2v) is 5.11. The maximum absolute atomic E-state index is 12.5. The molecule has 1 atom stereocenters. The van der Waals surface area contributed by atoms with Crippen LogP contribution in [0.2, 0.25) is 10.0 Å². The SMILES string of the molecule is NC(c1ccc(C(F)(F)F)cc1)c1ccc(Cl)cc1Cl. The molecule has 0 aliphatic carbocycles. The Morgan fingerprint density at radius 2 is 1.55 bits per heavy atom. The lowest BCUT2D eigenvalue weighted by Crippen LogP contribution is -2.13. The van der Waals surface area contributed by atoms with Gasteiger partial charge in [-0.1, -0.05) is 41.4 Å². The molecule has 2 rings (SSSR count). The van der Waals surface area contributed by atoms with Crippen LogP contribution >= 0.6 is 23.2 Å². The van der Waals surface area contributed by atoms with Crippen LogP contribution in [0, 0.1) is 0 Å². The van der Waals surface area contributed by atoms with Crippen LogP contribution in [0.3, 0.4) is 0 Å². The average Bonchev–Trinajstić information content (AvgIpc) is 2.37. The van der Waals surface area contributed by atoms with Crippen molar-refractivity contribution in [1.82, 2.24) is 0 Å². The Bertz CT molecular complexity index is 609. The van der Waals surface area contributed by atoms with Gasteiger partial charge in [0.2, 0.25) is 0 Å². The predicted octanol–water partition coefficient (Wildman–Crippen LogP) is 5.06. The van der Waals surface area contributed by atoms with Crippen LogP contribution in [0.5, 0.6) is 0 Å². The molecule has 0 aliphatic rings. The first kappa shape index (κ1) is 15.2. The van der Waals surface area contributed by atoms with E-state index in [1.807, 2.05) is 0 Å². The lowest BCUT2D eigenvalue weighted by molar-refractivity contribution is -0.137. The Balaban J connectivity index is 2.31. The van der Waals surface area contributed by atoms with Gasteiger partial charge in [0.1, 0.15) is 0 Å². The van der Waals surface area contributed by atoms with Crippen LogP contribution < -0.4 is 5.73 Å². The molecular weight excluding hydrogens is 310 g/mol. The van der Waals surface area contributed by atoms with E-state index < -0.39 is 17.8 Å². The van der Waals surface area contributed by atoms with E-state index >= 15 is 0 Å². The summed E-state index contributed by atoms with van der Waals surface area (Å²) in [7, 11) is 0. The minimum absolute atomic E-state index is 0.380. The van der Waals surface area contributed by atoms with Crippen molar-refractivity contribution in [2.75, 3.05) is 0 Å². The van der Waals surface area contributed by atoms with Crippen LogP contribution in [0.4, 0.5) is 13.2 Å². The third-order valence-electron chi connectivity index (χ3n) is 2.89. The largest absolute Gasteiger partial charge is 0.416 e. The molecule has 0 fully saturated rings. The average molecular weight is 320 g/mol. The standard InChI is InChI=1S/C14H10Cl2F3N/c15-10-5-6-11(12(16)7-10)13(20)8-1-3-9(4-2-8)14(17,18)19/h1-7,13H,20H2. The third-order valence-corrected chi connectivity index (χ3v) is 3.46. The topological polar surface area (TPSA) is 26.0 Å². The zero-order valence-electron chi connectivity index (χ0n) is 10.1. The molecule has 0 amide bonds. The van der Waals surface area contributed by atoms with Crippen LogP contribution in [-0.4, -0.2) is 0 Å². The van der Waals surface area contributed by atoms with Gasteiger partial charge in [-0.15, -0.1) is 0 Å². The molecule has 1 unspecified atom stereocenters. The zero-order chi connectivity index (χ0) is 14.9. The summed E-state index contributed by atoms with van der Waals surface area (Å²) in [6.45, 7) is 0. The summed E-state index contributed by atoms with van der Waals surface area (Å²) >= 11 is 11.8. The van der Waals surface area contributed by atoms with Crippen molar-refractivity contribution in [2.45, 2.75) is 12.2 Å². The van der Waals surface area contributed by atoms with Crippen molar-refractivity contribution in [2.24, 2.45) is 5.73 Å². The highest BCUT2D eigenvalue weighted by atomic mass is 35.5. The Labute approximate surface area is 124 Å². The van der Waals surface area contributed by atoms with E-state index in [9.17, 15) is 13.2 Å². The summed E-state index contributed by atoms with van der Waals surface area (Å²) in [5, 5.41) is 0.850. The molecule has 2 N–H and O–H groups in total. The van der Waals surface area contributed by atoms with E-state index in [1.165, 1.54) is 12.1 Å². The molecule has 0 heterocycles. The van der Waals surface area contributed by atoms with E-state index in [0.717, 1.165) is 12.1 Å². The van der Waals surface area contributed by atoms with Crippen LogP contribution in [0.15, 0.2) is 42.5 Å². The fourth-order valence-electron chi connectivity index (χ4n) is 1.81. The number of nitrogens with two attached hydrogens (primary N) is 1. The van der Waals surface area contributed by atoms with Crippen molar-refractivity contribution < 1.29 is 13.2 Å². The summed E-state index contributed by atoms with van der Waals surface area (Å²) < 4.78 is 37.5. The fourth-order valence-corrected chi connectivity index (χ4v) is 2.34.